The number of aliphatic hydroxyl groups excluding tert-OH is 1. The normalized spacial score (nSPS) is 26.2. The highest BCUT2D eigenvalue weighted by atomic mass is 16.5. The zero-order valence-electron chi connectivity index (χ0n) is 11.7. The fourth-order valence-corrected chi connectivity index (χ4v) is 2.95. The lowest BCUT2D eigenvalue weighted by atomic mass is 10.1. The van der Waals surface area contributed by atoms with Crippen molar-refractivity contribution in [2.75, 3.05) is 18.0 Å². The molecule has 19 heavy (non-hydrogen) atoms. The number of rotatable bonds is 3. The van der Waals surface area contributed by atoms with Crippen molar-refractivity contribution in [2.24, 2.45) is 0 Å². The van der Waals surface area contributed by atoms with E-state index in [1.54, 1.807) is 0 Å². The summed E-state index contributed by atoms with van der Waals surface area (Å²) in [6, 6.07) is 4.01. The summed E-state index contributed by atoms with van der Waals surface area (Å²) in [5.41, 5.74) is 2.01. The van der Waals surface area contributed by atoms with Gasteiger partial charge in [0.2, 0.25) is 0 Å². The third-order valence-electron chi connectivity index (χ3n) is 4.03. The number of nitrogens with zero attached hydrogens (tertiary/aromatic N) is 2. The average molecular weight is 262 g/mol. The van der Waals surface area contributed by atoms with Gasteiger partial charge < -0.3 is 14.7 Å². The van der Waals surface area contributed by atoms with Crippen LogP contribution in [0.15, 0.2) is 12.1 Å². The Labute approximate surface area is 114 Å². The summed E-state index contributed by atoms with van der Waals surface area (Å²) in [5, 5.41) is 9.41. The molecule has 3 rings (SSSR count). The number of aromatic nitrogens is 1. The zero-order chi connectivity index (χ0) is 13.4. The molecule has 4 nitrogen and oxygen atoms in total. The number of pyridine rings is 1. The molecule has 3 heterocycles. The first-order chi connectivity index (χ1) is 9.15. The topological polar surface area (TPSA) is 45.6 Å². The van der Waals surface area contributed by atoms with E-state index in [0.29, 0.717) is 18.1 Å². The zero-order valence-corrected chi connectivity index (χ0v) is 11.7. The first-order valence-corrected chi connectivity index (χ1v) is 7.18. The van der Waals surface area contributed by atoms with Crippen LogP contribution in [0.3, 0.4) is 0 Å². The van der Waals surface area contributed by atoms with Crippen LogP contribution in [-0.4, -0.2) is 35.4 Å². The van der Waals surface area contributed by atoms with Crippen molar-refractivity contribution in [2.45, 2.75) is 51.4 Å². The van der Waals surface area contributed by atoms with E-state index in [0.717, 1.165) is 43.0 Å². The number of hydrogen-bond donors (Lipinski definition) is 1. The van der Waals surface area contributed by atoms with Gasteiger partial charge in [0.1, 0.15) is 5.82 Å². The Bertz CT molecular complexity index is 449. The van der Waals surface area contributed by atoms with Gasteiger partial charge in [0, 0.05) is 18.8 Å². The maximum atomic E-state index is 9.41. The molecule has 2 aliphatic rings. The van der Waals surface area contributed by atoms with Crippen molar-refractivity contribution in [1.29, 1.82) is 0 Å². The summed E-state index contributed by atoms with van der Waals surface area (Å²) < 4.78 is 5.86. The van der Waals surface area contributed by atoms with Gasteiger partial charge in [0.05, 0.1) is 18.8 Å². The summed E-state index contributed by atoms with van der Waals surface area (Å²) in [6.07, 6.45) is 3.05. The van der Waals surface area contributed by atoms with E-state index in [9.17, 15) is 5.11 Å². The molecular formula is C15H22N2O2. The SMILES string of the molecule is CC(C)c1cc(CO)cc(N2CC3CCC(C2)O3)n1. The van der Waals surface area contributed by atoms with E-state index in [1.807, 2.05) is 12.1 Å². The minimum absolute atomic E-state index is 0.0758. The van der Waals surface area contributed by atoms with Crippen LogP contribution in [0.2, 0.25) is 0 Å². The molecule has 1 aromatic heterocycles. The predicted molar refractivity (Wildman–Crippen MR) is 74.4 cm³/mol. The fraction of sp³-hybridized carbons (Fsp3) is 0.667. The number of hydrogen-bond acceptors (Lipinski definition) is 4. The Morgan fingerprint density at radius 2 is 2.00 bits per heavy atom. The van der Waals surface area contributed by atoms with Crippen molar-refractivity contribution < 1.29 is 9.84 Å². The number of ether oxygens (including phenoxy) is 1. The van der Waals surface area contributed by atoms with Crippen LogP contribution in [-0.2, 0) is 11.3 Å². The van der Waals surface area contributed by atoms with Crippen LogP contribution in [0.5, 0.6) is 0 Å². The molecular weight excluding hydrogens is 240 g/mol. The quantitative estimate of drug-likeness (QED) is 0.905. The van der Waals surface area contributed by atoms with Crippen LogP contribution >= 0.6 is 0 Å². The van der Waals surface area contributed by atoms with Gasteiger partial charge in [-0.3, -0.25) is 0 Å². The fourth-order valence-electron chi connectivity index (χ4n) is 2.95. The Morgan fingerprint density at radius 3 is 2.58 bits per heavy atom. The molecule has 4 heteroatoms. The molecule has 0 aromatic carbocycles. The van der Waals surface area contributed by atoms with E-state index in [1.165, 1.54) is 0 Å². The lowest BCUT2D eigenvalue weighted by molar-refractivity contribution is 0.0302. The van der Waals surface area contributed by atoms with E-state index >= 15 is 0 Å². The molecule has 1 aromatic rings. The van der Waals surface area contributed by atoms with Gasteiger partial charge in [0.25, 0.3) is 0 Å². The van der Waals surface area contributed by atoms with Gasteiger partial charge in [-0.1, -0.05) is 13.8 Å². The molecule has 0 aliphatic carbocycles. The molecule has 0 spiro atoms. The van der Waals surface area contributed by atoms with Gasteiger partial charge in [-0.15, -0.1) is 0 Å². The van der Waals surface area contributed by atoms with Crippen LogP contribution in [0, 0.1) is 0 Å². The van der Waals surface area contributed by atoms with Crippen LogP contribution in [0.25, 0.3) is 0 Å². The highest BCUT2D eigenvalue weighted by Crippen LogP contribution is 2.30. The number of aliphatic hydroxyl groups is 1. The van der Waals surface area contributed by atoms with E-state index in [-0.39, 0.29) is 6.61 Å². The third kappa shape index (κ3) is 2.60. The predicted octanol–water partition coefficient (Wildman–Crippen LogP) is 2.06. The summed E-state index contributed by atoms with van der Waals surface area (Å²) in [5.74, 6) is 1.37. The Balaban J connectivity index is 1.89. The maximum Gasteiger partial charge on any atom is 0.129 e. The second kappa shape index (κ2) is 5.10. The van der Waals surface area contributed by atoms with E-state index in [2.05, 4.69) is 18.7 Å². The molecule has 0 radical (unpaired) electrons. The number of morpholine rings is 1. The summed E-state index contributed by atoms with van der Waals surface area (Å²) in [4.78, 5) is 7.08. The molecule has 104 valence electrons. The Hall–Kier alpha value is -1.13. The minimum Gasteiger partial charge on any atom is -0.392 e. The molecule has 2 bridgehead atoms. The van der Waals surface area contributed by atoms with Crippen molar-refractivity contribution in [3.63, 3.8) is 0 Å². The summed E-state index contributed by atoms with van der Waals surface area (Å²) in [7, 11) is 0. The first kappa shape index (κ1) is 12.9. The maximum absolute atomic E-state index is 9.41. The lowest BCUT2D eigenvalue weighted by Gasteiger charge is -2.33. The van der Waals surface area contributed by atoms with Crippen molar-refractivity contribution in [1.82, 2.24) is 4.98 Å². The standard InChI is InChI=1S/C15H22N2O2/c1-10(2)14-5-11(9-18)6-15(16-14)17-7-12-3-4-13(8-17)19-12/h5-6,10,12-13,18H,3-4,7-9H2,1-2H3. The molecule has 2 atom stereocenters. The summed E-state index contributed by atoms with van der Waals surface area (Å²) in [6.45, 7) is 6.20. The largest absolute Gasteiger partial charge is 0.392 e. The molecule has 2 fully saturated rings. The minimum atomic E-state index is 0.0758. The van der Waals surface area contributed by atoms with Gasteiger partial charge in [-0.05, 0) is 36.5 Å². The lowest BCUT2D eigenvalue weighted by Crippen LogP contribution is -2.43. The Kier molecular flexibility index (Phi) is 3.46. The third-order valence-corrected chi connectivity index (χ3v) is 4.03. The van der Waals surface area contributed by atoms with Crippen molar-refractivity contribution in [3.05, 3.63) is 23.4 Å². The van der Waals surface area contributed by atoms with Crippen LogP contribution in [0.4, 0.5) is 5.82 Å². The molecule has 2 saturated heterocycles. The number of fused-ring (bicyclic) bond motifs is 2. The highest BCUT2D eigenvalue weighted by molar-refractivity contribution is 5.44. The first-order valence-electron chi connectivity index (χ1n) is 7.18. The van der Waals surface area contributed by atoms with Crippen LogP contribution in [0.1, 0.15) is 43.9 Å². The average Bonchev–Trinajstić information content (AvgIpc) is 2.76. The van der Waals surface area contributed by atoms with E-state index < -0.39 is 0 Å². The van der Waals surface area contributed by atoms with E-state index in [4.69, 9.17) is 9.72 Å². The smallest absolute Gasteiger partial charge is 0.129 e. The summed E-state index contributed by atoms with van der Waals surface area (Å²) >= 11 is 0. The Morgan fingerprint density at radius 1 is 1.32 bits per heavy atom. The molecule has 0 amide bonds. The van der Waals surface area contributed by atoms with Gasteiger partial charge in [0.15, 0.2) is 0 Å². The molecule has 1 N–H and O–H groups in total. The molecule has 2 unspecified atom stereocenters. The second-order valence-electron chi connectivity index (χ2n) is 5.93. The monoisotopic (exact) mass is 262 g/mol. The van der Waals surface area contributed by atoms with Gasteiger partial charge >= 0.3 is 0 Å². The highest BCUT2D eigenvalue weighted by Gasteiger charge is 2.34. The van der Waals surface area contributed by atoms with Gasteiger partial charge in [-0.25, -0.2) is 4.98 Å². The number of anilines is 1. The van der Waals surface area contributed by atoms with Crippen LogP contribution < -0.4 is 4.90 Å². The van der Waals surface area contributed by atoms with Crippen molar-refractivity contribution in [3.8, 4) is 0 Å². The second-order valence-corrected chi connectivity index (χ2v) is 5.93. The molecule has 2 aliphatic heterocycles. The molecule has 0 saturated carbocycles. The van der Waals surface area contributed by atoms with Gasteiger partial charge in [-0.2, -0.15) is 0 Å². The van der Waals surface area contributed by atoms with Crippen molar-refractivity contribution >= 4 is 5.82 Å².